The molecule has 0 unspecified atom stereocenters. The van der Waals surface area contributed by atoms with Gasteiger partial charge in [0, 0.05) is 6.20 Å². The van der Waals surface area contributed by atoms with Gasteiger partial charge in [-0.1, -0.05) is 6.07 Å². The third-order valence-corrected chi connectivity index (χ3v) is 1.28. The first kappa shape index (κ1) is 8.48. The number of nitrogens with two attached hydrogens (primary N) is 1. The van der Waals surface area contributed by atoms with Gasteiger partial charge in [-0.2, -0.15) is 0 Å². The van der Waals surface area contributed by atoms with Crippen LogP contribution in [0, 0.1) is 6.92 Å². The monoisotopic (exact) mass is 166 g/mol. The minimum absolute atomic E-state index is 0.476. The van der Waals surface area contributed by atoms with Crippen LogP contribution in [0.3, 0.4) is 0 Å². The number of aromatic nitrogens is 1. The molecule has 0 bridgehead atoms. The molecule has 64 valence electrons. The molecule has 1 heterocycles. The third-order valence-electron chi connectivity index (χ3n) is 1.28. The van der Waals surface area contributed by atoms with Crippen molar-refractivity contribution < 1.29 is 4.79 Å². The van der Waals surface area contributed by atoms with Gasteiger partial charge in [-0.05, 0) is 18.6 Å². The molecule has 1 aromatic rings. The van der Waals surface area contributed by atoms with Crippen molar-refractivity contribution in [3.63, 3.8) is 0 Å². The number of hydrazine groups is 1. The smallest absolute Gasteiger partial charge is 0.291 e. The Morgan fingerprint density at radius 3 is 2.83 bits per heavy atom. The highest BCUT2D eigenvalue weighted by molar-refractivity contribution is 5.87. The predicted octanol–water partition coefficient (Wildman–Crippen LogP) is 0.385. The first-order valence-electron chi connectivity index (χ1n) is 3.42. The van der Waals surface area contributed by atoms with Gasteiger partial charge < -0.3 is 0 Å². The van der Waals surface area contributed by atoms with E-state index in [1.54, 1.807) is 12.3 Å². The molecule has 2 amide bonds. The Kier molecular flexibility index (Phi) is 2.60. The molecule has 0 saturated carbocycles. The fraction of sp³-hybridized carbons (Fsp3) is 0.143. The van der Waals surface area contributed by atoms with Crippen LogP contribution in [-0.2, 0) is 0 Å². The fourth-order valence-electron chi connectivity index (χ4n) is 0.694. The van der Waals surface area contributed by atoms with E-state index < -0.39 is 6.03 Å². The molecule has 0 aromatic carbocycles. The van der Waals surface area contributed by atoms with E-state index >= 15 is 0 Å². The Balaban J connectivity index is 2.64. The fourth-order valence-corrected chi connectivity index (χ4v) is 0.694. The standard InChI is InChI=1S/C7H10N4O/c1-5-2-3-6(9-4-5)10-7(12)11-8/h2-4H,8H2,1H3,(H2,9,10,11,12). The van der Waals surface area contributed by atoms with Crippen LogP contribution in [0.4, 0.5) is 10.6 Å². The lowest BCUT2D eigenvalue weighted by Gasteiger charge is -2.02. The molecule has 0 saturated heterocycles. The van der Waals surface area contributed by atoms with E-state index in [0.29, 0.717) is 5.82 Å². The SMILES string of the molecule is Cc1ccc(NC(=O)NN)nc1. The Hall–Kier alpha value is -1.62. The number of carbonyl (C=O) groups is 1. The lowest BCUT2D eigenvalue weighted by Crippen LogP contribution is -2.34. The Morgan fingerprint density at radius 2 is 2.33 bits per heavy atom. The van der Waals surface area contributed by atoms with Crippen molar-refractivity contribution in [3.05, 3.63) is 23.9 Å². The number of aryl methyl sites for hydroxylation is 1. The first-order chi connectivity index (χ1) is 5.72. The van der Waals surface area contributed by atoms with E-state index in [2.05, 4.69) is 10.3 Å². The zero-order valence-electron chi connectivity index (χ0n) is 6.66. The topological polar surface area (TPSA) is 80.0 Å². The van der Waals surface area contributed by atoms with Gasteiger partial charge in [0.25, 0.3) is 0 Å². The summed E-state index contributed by atoms with van der Waals surface area (Å²) in [5.74, 6) is 5.34. The van der Waals surface area contributed by atoms with Gasteiger partial charge in [0.2, 0.25) is 0 Å². The second-order valence-electron chi connectivity index (χ2n) is 2.32. The van der Waals surface area contributed by atoms with Crippen LogP contribution >= 0.6 is 0 Å². The maximum Gasteiger partial charge on any atom is 0.334 e. The molecule has 0 spiro atoms. The van der Waals surface area contributed by atoms with E-state index in [1.165, 1.54) is 0 Å². The summed E-state index contributed by atoms with van der Waals surface area (Å²) in [4.78, 5) is 14.6. The average Bonchev–Trinajstić information content (AvgIpc) is 2.09. The van der Waals surface area contributed by atoms with E-state index in [4.69, 9.17) is 5.84 Å². The predicted molar refractivity (Wildman–Crippen MR) is 45.3 cm³/mol. The molecule has 12 heavy (non-hydrogen) atoms. The molecule has 1 rings (SSSR count). The molecule has 4 N–H and O–H groups in total. The van der Waals surface area contributed by atoms with E-state index in [0.717, 1.165) is 5.56 Å². The number of nitrogens with one attached hydrogen (secondary N) is 2. The summed E-state index contributed by atoms with van der Waals surface area (Å²) in [6, 6.07) is 3.07. The van der Waals surface area contributed by atoms with Crippen molar-refractivity contribution in [2.24, 2.45) is 5.84 Å². The summed E-state index contributed by atoms with van der Waals surface area (Å²) in [5.41, 5.74) is 2.97. The second-order valence-corrected chi connectivity index (χ2v) is 2.32. The van der Waals surface area contributed by atoms with Crippen molar-refractivity contribution in [1.82, 2.24) is 10.4 Å². The van der Waals surface area contributed by atoms with Crippen LogP contribution in [-0.4, -0.2) is 11.0 Å². The molecule has 0 radical (unpaired) electrons. The number of carbonyl (C=O) groups excluding carboxylic acids is 1. The van der Waals surface area contributed by atoms with Crippen LogP contribution in [0.2, 0.25) is 0 Å². The molecular weight excluding hydrogens is 156 g/mol. The highest BCUT2D eigenvalue weighted by atomic mass is 16.2. The number of hydrogen-bond acceptors (Lipinski definition) is 3. The number of rotatable bonds is 1. The summed E-state index contributed by atoms with van der Waals surface area (Å²) in [5, 5.41) is 2.43. The van der Waals surface area contributed by atoms with Gasteiger partial charge in [-0.3, -0.25) is 10.7 Å². The van der Waals surface area contributed by atoms with Crippen LogP contribution in [0.25, 0.3) is 0 Å². The lowest BCUT2D eigenvalue weighted by atomic mass is 10.3. The maximum absolute atomic E-state index is 10.7. The van der Waals surface area contributed by atoms with Crippen LogP contribution in [0.15, 0.2) is 18.3 Å². The third kappa shape index (κ3) is 2.21. The summed E-state index contributed by atoms with van der Waals surface area (Å²) in [7, 11) is 0. The van der Waals surface area contributed by atoms with Crippen LogP contribution in [0.1, 0.15) is 5.56 Å². The number of nitrogens with zero attached hydrogens (tertiary/aromatic N) is 1. The van der Waals surface area contributed by atoms with Crippen LogP contribution < -0.4 is 16.6 Å². The minimum Gasteiger partial charge on any atom is -0.291 e. The molecule has 0 aliphatic rings. The van der Waals surface area contributed by atoms with Gasteiger partial charge >= 0.3 is 6.03 Å². The van der Waals surface area contributed by atoms with Crippen molar-refractivity contribution in [2.45, 2.75) is 6.92 Å². The molecule has 1 aromatic heterocycles. The quantitative estimate of drug-likeness (QED) is 0.320. The molecule has 0 fully saturated rings. The zero-order chi connectivity index (χ0) is 8.97. The number of anilines is 1. The minimum atomic E-state index is -0.480. The molecular formula is C7H10N4O. The van der Waals surface area contributed by atoms with Gasteiger partial charge in [-0.15, -0.1) is 0 Å². The first-order valence-corrected chi connectivity index (χ1v) is 3.42. The normalized spacial score (nSPS) is 9.17. The maximum atomic E-state index is 10.7. The second kappa shape index (κ2) is 3.68. The summed E-state index contributed by atoms with van der Waals surface area (Å²) in [6.45, 7) is 1.92. The van der Waals surface area contributed by atoms with Crippen molar-refractivity contribution in [1.29, 1.82) is 0 Å². The summed E-state index contributed by atoms with van der Waals surface area (Å²) in [6.07, 6.45) is 1.66. The van der Waals surface area contributed by atoms with E-state index in [1.807, 2.05) is 18.4 Å². The number of pyridine rings is 1. The Bertz CT molecular complexity index is 269. The highest BCUT2D eigenvalue weighted by Crippen LogP contribution is 2.02. The molecule has 0 atom stereocenters. The summed E-state index contributed by atoms with van der Waals surface area (Å²) >= 11 is 0. The Morgan fingerprint density at radius 1 is 1.58 bits per heavy atom. The van der Waals surface area contributed by atoms with Gasteiger partial charge in [0.05, 0.1) is 0 Å². The largest absolute Gasteiger partial charge is 0.334 e. The molecule has 5 heteroatoms. The number of amides is 2. The zero-order valence-corrected chi connectivity index (χ0v) is 6.66. The van der Waals surface area contributed by atoms with E-state index in [-0.39, 0.29) is 0 Å². The van der Waals surface area contributed by atoms with E-state index in [9.17, 15) is 4.79 Å². The molecule has 0 aliphatic heterocycles. The highest BCUT2D eigenvalue weighted by Gasteiger charge is 1.97. The van der Waals surface area contributed by atoms with Crippen molar-refractivity contribution in [2.75, 3.05) is 5.32 Å². The number of urea groups is 1. The Labute approximate surface area is 70.0 Å². The average molecular weight is 166 g/mol. The van der Waals surface area contributed by atoms with Crippen molar-refractivity contribution in [3.8, 4) is 0 Å². The summed E-state index contributed by atoms with van der Waals surface area (Å²) < 4.78 is 0. The lowest BCUT2D eigenvalue weighted by molar-refractivity contribution is 0.252. The van der Waals surface area contributed by atoms with Crippen molar-refractivity contribution >= 4 is 11.8 Å². The number of hydrogen-bond donors (Lipinski definition) is 3. The van der Waals surface area contributed by atoms with Gasteiger partial charge in [0.1, 0.15) is 5.82 Å². The van der Waals surface area contributed by atoms with Crippen LogP contribution in [0.5, 0.6) is 0 Å². The molecule has 0 aliphatic carbocycles. The van der Waals surface area contributed by atoms with Gasteiger partial charge in [-0.25, -0.2) is 15.6 Å². The molecule has 5 nitrogen and oxygen atoms in total. The van der Waals surface area contributed by atoms with Gasteiger partial charge in [0.15, 0.2) is 0 Å².